The number of benzene rings is 2. The van der Waals surface area contributed by atoms with E-state index in [2.05, 4.69) is 30.3 Å². The number of hydrogen-bond donors (Lipinski definition) is 3. The van der Waals surface area contributed by atoms with Crippen LogP contribution < -0.4 is 20.3 Å². The van der Waals surface area contributed by atoms with Gasteiger partial charge in [-0.25, -0.2) is 19.6 Å². The van der Waals surface area contributed by atoms with Gasteiger partial charge in [-0.3, -0.25) is 9.59 Å². The van der Waals surface area contributed by atoms with Gasteiger partial charge in [0.1, 0.15) is 29.0 Å². The molecule has 6 rings (SSSR count). The zero-order chi connectivity index (χ0) is 44.2. The van der Waals surface area contributed by atoms with Crippen LogP contribution in [-0.2, 0) is 14.3 Å². The van der Waals surface area contributed by atoms with E-state index in [1.807, 2.05) is 46.4 Å². The van der Waals surface area contributed by atoms with Gasteiger partial charge < -0.3 is 44.5 Å². The molecule has 0 spiro atoms. The Kier molecular flexibility index (Phi) is 13.1. The zero-order valence-corrected chi connectivity index (χ0v) is 35.1. The van der Waals surface area contributed by atoms with Crippen molar-refractivity contribution < 1.29 is 46.6 Å². The van der Waals surface area contributed by atoms with Crippen LogP contribution >= 0.6 is 0 Å². The fourth-order valence-corrected chi connectivity index (χ4v) is 7.41. The first-order valence-electron chi connectivity index (χ1n) is 20.0. The number of alkyl carbamates (subject to hydrolysis) is 1. The molecule has 2 aromatic carbocycles. The summed E-state index contributed by atoms with van der Waals surface area (Å²) in [5, 5.41) is 5.32. The van der Waals surface area contributed by atoms with Gasteiger partial charge in [0, 0.05) is 43.3 Å². The van der Waals surface area contributed by atoms with Crippen LogP contribution in [0.25, 0.3) is 22.4 Å². The van der Waals surface area contributed by atoms with E-state index in [1.54, 1.807) is 52.4 Å². The van der Waals surface area contributed by atoms with E-state index in [0.29, 0.717) is 66.8 Å². The highest BCUT2D eigenvalue weighted by Crippen LogP contribution is 2.37. The van der Waals surface area contributed by atoms with E-state index >= 15 is 0 Å². The maximum Gasteiger partial charge on any atom is 0.573 e. The lowest BCUT2D eigenvalue weighted by Gasteiger charge is -2.40. The number of aromatic amines is 1. The van der Waals surface area contributed by atoms with Crippen molar-refractivity contribution in [3.8, 4) is 28.1 Å². The largest absolute Gasteiger partial charge is 0.573 e. The molecule has 2 saturated heterocycles. The monoisotopic (exact) mass is 848 g/mol. The lowest BCUT2D eigenvalue weighted by atomic mass is 10.00. The lowest BCUT2D eigenvalue weighted by Crippen LogP contribution is -2.54. The lowest BCUT2D eigenvalue weighted by molar-refractivity contribution is -0.274. The number of nitrogens with one attached hydrogen (secondary N) is 3. The van der Waals surface area contributed by atoms with Gasteiger partial charge in [-0.1, -0.05) is 38.1 Å². The second-order valence-electron chi connectivity index (χ2n) is 16.4. The minimum Gasteiger partial charge on any atom is -0.453 e. The summed E-state index contributed by atoms with van der Waals surface area (Å²) < 4.78 is 55.7. The second-order valence-corrected chi connectivity index (χ2v) is 16.4. The Morgan fingerprint density at radius 1 is 0.918 bits per heavy atom. The van der Waals surface area contributed by atoms with Crippen LogP contribution in [0.3, 0.4) is 0 Å². The Labute approximate surface area is 351 Å². The normalized spacial score (nSPS) is 17.5. The highest BCUT2D eigenvalue weighted by atomic mass is 19.4. The number of hydrogen-bond acceptors (Lipinski definition) is 10. The topological polar surface area (TPSA) is 171 Å². The summed E-state index contributed by atoms with van der Waals surface area (Å²) in [5.41, 5.74) is 1.49. The van der Waals surface area contributed by atoms with Crippen molar-refractivity contribution in [2.45, 2.75) is 84.5 Å². The first-order chi connectivity index (χ1) is 28.8. The molecular formula is C43H51F3N8O7. The molecule has 0 aliphatic carbocycles. The molecule has 2 aliphatic rings. The summed E-state index contributed by atoms with van der Waals surface area (Å²) in [4.78, 5) is 69.1. The van der Waals surface area contributed by atoms with Crippen LogP contribution in [0.15, 0.2) is 67.0 Å². The number of rotatable bonds is 10. The Morgan fingerprint density at radius 2 is 1.64 bits per heavy atom. The zero-order valence-electron chi connectivity index (χ0n) is 35.1. The first kappa shape index (κ1) is 44.2. The Balaban J connectivity index is 1.13. The number of amides is 4. The van der Waals surface area contributed by atoms with Crippen molar-refractivity contribution in [1.29, 1.82) is 0 Å². The predicted molar refractivity (Wildman–Crippen MR) is 221 cm³/mol. The van der Waals surface area contributed by atoms with Gasteiger partial charge in [0.2, 0.25) is 5.91 Å². The molecule has 0 saturated carbocycles. The smallest absolute Gasteiger partial charge is 0.453 e. The number of ether oxygens (including phenoxy) is 3. The Bertz CT molecular complexity index is 2210. The fraction of sp³-hybridized carbons (Fsp3) is 0.442. The molecule has 2 fully saturated rings. The minimum atomic E-state index is -5.04. The third-order valence-electron chi connectivity index (χ3n) is 10.4. The average Bonchev–Trinajstić information content (AvgIpc) is 3.90. The number of likely N-dealkylation sites (tertiary alicyclic amines) is 1. The molecule has 18 heteroatoms. The summed E-state index contributed by atoms with van der Waals surface area (Å²) in [6.45, 7) is 13.0. The van der Waals surface area contributed by atoms with E-state index in [1.165, 1.54) is 25.4 Å². The third kappa shape index (κ3) is 10.9. The number of H-pyrrole nitrogens is 1. The molecule has 326 valence electrons. The van der Waals surface area contributed by atoms with Crippen molar-refractivity contribution >= 4 is 35.5 Å². The number of imidazole rings is 1. The molecule has 4 aromatic rings. The van der Waals surface area contributed by atoms with Gasteiger partial charge in [0.05, 0.1) is 36.9 Å². The maximum absolute atomic E-state index is 13.7. The van der Waals surface area contributed by atoms with Crippen LogP contribution in [0.1, 0.15) is 76.6 Å². The number of methoxy groups -OCH3 is 1. The van der Waals surface area contributed by atoms with Gasteiger partial charge >= 0.3 is 18.5 Å². The number of anilines is 2. The number of carbonyl (C=O) groups is 4. The van der Waals surface area contributed by atoms with E-state index < -0.39 is 35.8 Å². The number of alkyl halides is 3. The standard InChI is InChI=1S/C43H51F3N8O7/c1-25(2)36(51-40(57)59-7)39(56)54-18-8-9-33(54)37-48-23-32(50-37)28-12-10-27(11-13-28)31-16-14-29(21-34(31)60-43(44,45)46)38(55)49-30-15-17-35(47-22-30)53-20-19-52(24-26(53)3)41(58)61-42(4,5)6/h10-17,21-23,25-26,33,36H,8-9,18-20,24H2,1-7H3,(H,48,50)(H,49,55)(H,51,57)/t26-,33?,36?/m1/s1. The van der Waals surface area contributed by atoms with E-state index in [-0.39, 0.29) is 41.1 Å². The van der Waals surface area contributed by atoms with Crippen LogP contribution in [0.5, 0.6) is 5.75 Å². The molecule has 15 nitrogen and oxygen atoms in total. The minimum absolute atomic E-state index is 0.0659. The summed E-state index contributed by atoms with van der Waals surface area (Å²) in [6, 6.07) is 12.7. The van der Waals surface area contributed by atoms with Gasteiger partial charge in [-0.05, 0) is 87.9 Å². The molecule has 0 bridgehead atoms. The van der Waals surface area contributed by atoms with E-state index in [9.17, 15) is 32.3 Å². The van der Waals surface area contributed by atoms with Gasteiger partial charge in [0.15, 0.2) is 0 Å². The van der Waals surface area contributed by atoms with Crippen LogP contribution in [0.2, 0.25) is 0 Å². The molecule has 4 amide bonds. The SMILES string of the molecule is COC(=O)NC(C(=O)N1CCCC1c1ncc(-c2ccc(-c3ccc(C(=O)Nc4ccc(N5CCN(C(=O)OC(C)(C)C)C[C@H]5C)nc4)cc3OC(F)(F)F)cc2)[nH]1)C(C)C. The summed E-state index contributed by atoms with van der Waals surface area (Å²) in [6.07, 6.45) is -1.61. The van der Waals surface area contributed by atoms with Crippen LogP contribution in [0.4, 0.5) is 34.3 Å². The Hall–Kier alpha value is -6.33. The fourth-order valence-electron chi connectivity index (χ4n) is 7.41. The second kappa shape index (κ2) is 18.1. The van der Waals surface area contributed by atoms with Crippen LogP contribution in [0, 0.1) is 5.92 Å². The predicted octanol–water partition coefficient (Wildman–Crippen LogP) is 7.78. The molecule has 2 aliphatic heterocycles. The number of nitrogens with zero attached hydrogens (tertiary/aromatic N) is 5. The maximum atomic E-state index is 13.7. The quantitative estimate of drug-likeness (QED) is 0.143. The van der Waals surface area contributed by atoms with Crippen molar-refractivity contribution in [2.75, 3.05) is 43.5 Å². The number of piperazine rings is 1. The molecular weight excluding hydrogens is 798 g/mol. The third-order valence-corrected chi connectivity index (χ3v) is 10.4. The molecule has 61 heavy (non-hydrogen) atoms. The van der Waals surface area contributed by atoms with Gasteiger partial charge in [0.25, 0.3) is 5.91 Å². The number of halogens is 3. The number of carbonyl (C=O) groups excluding carboxylic acids is 4. The Morgan fingerprint density at radius 3 is 2.26 bits per heavy atom. The van der Waals surface area contributed by atoms with Crippen molar-refractivity contribution in [3.63, 3.8) is 0 Å². The number of aromatic nitrogens is 3. The number of pyridine rings is 1. The first-order valence-corrected chi connectivity index (χ1v) is 20.0. The van der Waals surface area contributed by atoms with E-state index in [4.69, 9.17) is 9.47 Å². The van der Waals surface area contributed by atoms with Crippen molar-refractivity contribution in [1.82, 2.24) is 30.1 Å². The molecule has 3 N–H and O–H groups in total. The average molecular weight is 849 g/mol. The summed E-state index contributed by atoms with van der Waals surface area (Å²) in [7, 11) is 1.24. The van der Waals surface area contributed by atoms with Gasteiger partial charge in [-0.15, -0.1) is 13.2 Å². The van der Waals surface area contributed by atoms with E-state index in [0.717, 1.165) is 12.5 Å². The van der Waals surface area contributed by atoms with Crippen molar-refractivity contribution in [2.24, 2.45) is 5.92 Å². The summed E-state index contributed by atoms with van der Waals surface area (Å²) in [5.74, 6) is -0.449. The molecule has 4 heterocycles. The van der Waals surface area contributed by atoms with Gasteiger partial charge in [-0.2, -0.15) is 0 Å². The molecule has 2 unspecified atom stereocenters. The summed E-state index contributed by atoms with van der Waals surface area (Å²) >= 11 is 0. The highest BCUT2D eigenvalue weighted by Gasteiger charge is 2.38. The molecule has 0 radical (unpaired) electrons. The van der Waals surface area contributed by atoms with Crippen LogP contribution in [-0.4, -0.2) is 106 Å². The molecule has 2 aromatic heterocycles. The molecule has 3 atom stereocenters. The highest BCUT2D eigenvalue weighted by molar-refractivity contribution is 6.05. The van der Waals surface area contributed by atoms with Crippen molar-refractivity contribution in [3.05, 3.63) is 78.4 Å².